The molecule has 2 aliphatic rings. The predicted molar refractivity (Wildman–Crippen MR) is 129 cm³/mol. The SMILES string of the molecule is C=CN=C/C=C/CC(=O)/C(C=C)=C/C(=C/CN)C1=CC(C(O)OC2CCCOC2)=CCC1. The van der Waals surface area contributed by atoms with Gasteiger partial charge < -0.3 is 20.3 Å². The maximum Gasteiger partial charge on any atom is 0.181 e. The largest absolute Gasteiger partial charge is 0.379 e. The van der Waals surface area contributed by atoms with Crippen LogP contribution in [0.15, 0.2) is 89.2 Å². The number of ketones is 1. The molecule has 0 spiro atoms. The van der Waals surface area contributed by atoms with Crippen LogP contribution in [0.5, 0.6) is 0 Å². The van der Waals surface area contributed by atoms with Crippen molar-refractivity contribution in [1.29, 1.82) is 0 Å². The number of ether oxygens (including phenoxy) is 2. The number of carbonyl (C=O) groups excluding carboxylic acids is 1. The highest BCUT2D eigenvalue weighted by atomic mass is 16.6. The van der Waals surface area contributed by atoms with Crippen LogP contribution in [0, 0.1) is 0 Å². The first-order valence-electron chi connectivity index (χ1n) is 11.0. The first-order chi connectivity index (χ1) is 15.6. The van der Waals surface area contributed by atoms with Gasteiger partial charge in [0.15, 0.2) is 12.1 Å². The van der Waals surface area contributed by atoms with Crippen molar-refractivity contribution in [2.75, 3.05) is 19.8 Å². The van der Waals surface area contributed by atoms with E-state index in [0.717, 1.165) is 43.4 Å². The van der Waals surface area contributed by atoms with Crippen molar-refractivity contribution in [1.82, 2.24) is 0 Å². The van der Waals surface area contributed by atoms with Gasteiger partial charge in [-0.2, -0.15) is 0 Å². The number of nitrogens with zero attached hydrogens (tertiary/aromatic N) is 1. The van der Waals surface area contributed by atoms with Gasteiger partial charge in [-0.05, 0) is 49.0 Å². The second kappa shape index (κ2) is 14.4. The van der Waals surface area contributed by atoms with Gasteiger partial charge in [-0.15, -0.1) is 0 Å². The molecule has 1 aliphatic carbocycles. The smallest absolute Gasteiger partial charge is 0.181 e. The highest BCUT2D eigenvalue weighted by molar-refractivity contribution is 5.99. The summed E-state index contributed by atoms with van der Waals surface area (Å²) < 4.78 is 11.2. The van der Waals surface area contributed by atoms with Gasteiger partial charge in [0.25, 0.3) is 0 Å². The van der Waals surface area contributed by atoms with E-state index in [4.69, 9.17) is 15.2 Å². The lowest BCUT2D eigenvalue weighted by atomic mass is 9.91. The van der Waals surface area contributed by atoms with E-state index >= 15 is 0 Å². The highest BCUT2D eigenvalue weighted by Crippen LogP contribution is 2.28. The van der Waals surface area contributed by atoms with E-state index in [9.17, 15) is 9.90 Å². The van der Waals surface area contributed by atoms with Crippen molar-refractivity contribution in [3.8, 4) is 0 Å². The Kier molecular flexibility index (Phi) is 11.6. The number of Topliss-reactive ketones (excluding diaryl/α,β-unsaturated/α-hetero) is 1. The molecule has 172 valence electrons. The molecular formula is C26H34N2O4. The number of nitrogens with two attached hydrogens (primary N) is 1. The number of rotatable bonds is 12. The number of aliphatic imine (C=N–C) groups is 1. The normalized spacial score (nSPS) is 21.4. The van der Waals surface area contributed by atoms with Crippen LogP contribution in [-0.2, 0) is 14.3 Å². The molecule has 1 aliphatic heterocycles. The lowest BCUT2D eigenvalue weighted by molar-refractivity contribution is -0.145. The fourth-order valence-corrected chi connectivity index (χ4v) is 3.50. The fraction of sp³-hybridized carbons (Fsp3) is 0.385. The third-order valence-corrected chi connectivity index (χ3v) is 5.14. The quantitative estimate of drug-likeness (QED) is 0.209. The molecule has 0 saturated carbocycles. The van der Waals surface area contributed by atoms with Gasteiger partial charge in [0, 0.05) is 43.1 Å². The van der Waals surface area contributed by atoms with Crippen molar-refractivity contribution in [3.63, 3.8) is 0 Å². The lowest BCUT2D eigenvalue weighted by Crippen LogP contribution is -2.31. The van der Waals surface area contributed by atoms with Gasteiger partial charge >= 0.3 is 0 Å². The number of carbonyl (C=O) groups is 1. The summed E-state index contributed by atoms with van der Waals surface area (Å²) in [6, 6.07) is 0. The molecule has 6 nitrogen and oxygen atoms in total. The lowest BCUT2D eigenvalue weighted by Gasteiger charge is -2.27. The predicted octanol–water partition coefficient (Wildman–Crippen LogP) is 3.87. The van der Waals surface area contributed by atoms with E-state index in [2.05, 4.69) is 18.2 Å². The third-order valence-electron chi connectivity index (χ3n) is 5.14. The second-order valence-electron chi connectivity index (χ2n) is 7.48. The summed E-state index contributed by atoms with van der Waals surface area (Å²) >= 11 is 0. The summed E-state index contributed by atoms with van der Waals surface area (Å²) in [5, 5.41) is 10.6. The van der Waals surface area contributed by atoms with E-state index < -0.39 is 6.29 Å². The number of aliphatic hydroxyl groups is 1. The minimum atomic E-state index is -1.01. The summed E-state index contributed by atoms with van der Waals surface area (Å²) in [6.07, 6.45) is 18.1. The summed E-state index contributed by atoms with van der Waals surface area (Å²) in [5.41, 5.74) is 8.86. The standard InChI is InChI=1S/C26H34N2O4/c1-3-20(25(29)12-5-6-15-28-4-2)17-22(13-14-27)21-9-7-10-23(18-21)26(30)32-24-11-8-16-31-19-24/h3-6,10,13,15,17-18,24,26,30H,1-2,7-9,11-12,14,16,19,27H2/b6-5+,20-17+,22-13-,28-15?. The third kappa shape index (κ3) is 8.48. The summed E-state index contributed by atoms with van der Waals surface area (Å²) in [7, 11) is 0. The van der Waals surface area contributed by atoms with Gasteiger partial charge in [-0.25, -0.2) is 0 Å². The molecule has 0 amide bonds. The molecular weight excluding hydrogens is 404 g/mol. The Balaban J connectivity index is 2.14. The topological polar surface area (TPSA) is 94.1 Å². The Morgan fingerprint density at radius 2 is 2.28 bits per heavy atom. The molecule has 1 fully saturated rings. The van der Waals surface area contributed by atoms with Crippen LogP contribution < -0.4 is 5.73 Å². The number of hydrogen-bond acceptors (Lipinski definition) is 6. The van der Waals surface area contributed by atoms with Crippen molar-refractivity contribution >= 4 is 12.0 Å². The zero-order chi connectivity index (χ0) is 23.2. The van der Waals surface area contributed by atoms with Crippen LogP contribution in [0.25, 0.3) is 0 Å². The summed E-state index contributed by atoms with van der Waals surface area (Å²) in [5.74, 6) is -0.0565. The molecule has 0 aromatic heterocycles. The molecule has 1 saturated heterocycles. The monoisotopic (exact) mass is 438 g/mol. The van der Waals surface area contributed by atoms with E-state index in [1.54, 1.807) is 24.4 Å². The van der Waals surface area contributed by atoms with Crippen molar-refractivity contribution < 1.29 is 19.4 Å². The zero-order valence-corrected chi connectivity index (χ0v) is 18.6. The summed E-state index contributed by atoms with van der Waals surface area (Å²) in [4.78, 5) is 16.5. The van der Waals surface area contributed by atoms with E-state index in [-0.39, 0.29) is 18.3 Å². The second-order valence-corrected chi connectivity index (χ2v) is 7.48. The molecule has 32 heavy (non-hydrogen) atoms. The maximum atomic E-state index is 12.6. The van der Waals surface area contributed by atoms with Crippen molar-refractivity contribution in [2.24, 2.45) is 10.7 Å². The van der Waals surface area contributed by atoms with Crippen LogP contribution in [0.1, 0.15) is 32.1 Å². The zero-order valence-electron chi connectivity index (χ0n) is 18.6. The number of allylic oxidation sites excluding steroid dienone is 8. The van der Waals surface area contributed by atoms with Gasteiger partial charge in [0.1, 0.15) is 0 Å². The van der Waals surface area contributed by atoms with Crippen LogP contribution >= 0.6 is 0 Å². The molecule has 3 N–H and O–H groups in total. The van der Waals surface area contributed by atoms with Crippen LogP contribution in [0.2, 0.25) is 0 Å². The van der Waals surface area contributed by atoms with Crippen LogP contribution in [-0.4, -0.2) is 49.3 Å². The first-order valence-corrected chi connectivity index (χ1v) is 11.0. The van der Waals surface area contributed by atoms with Crippen molar-refractivity contribution in [2.45, 2.75) is 44.5 Å². The number of aliphatic hydroxyl groups excluding tert-OH is 1. The first kappa shape index (κ1) is 25.6. The van der Waals surface area contributed by atoms with Gasteiger partial charge in [-0.1, -0.05) is 43.5 Å². The molecule has 0 aromatic rings. The minimum Gasteiger partial charge on any atom is -0.379 e. The molecule has 1 heterocycles. The number of hydrogen-bond donors (Lipinski definition) is 2. The fourth-order valence-electron chi connectivity index (χ4n) is 3.50. The molecule has 2 unspecified atom stereocenters. The Labute approximate surface area is 190 Å². The van der Waals surface area contributed by atoms with E-state index in [1.807, 2.05) is 24.3 Å². The molecule has 6 heteroatoms. The summed E-state index contributed by atoms with van der Waals surface area (Å²) in [6.45, 7) is 8.86. The Hall–Kier alpha value is -2.64. The highest BCUT2D eigenvalue weighted by Gasteiger charge is 2.22. The average Bonchev–Trinajstić information content (AvgIpc) is 2.82. The molecule has 0 radical (unpaired) electrons. The van der Waals surface area contributed by atoms with Crippen LogP contribution in [0.3, 0.4) is 0 Å². The van der Waals surface area contributed by atoms with Gasteiger partial charge in [-0.3, -0.25) is 9.79 Å². The van der Waals surface area contributed by atoms with E-state index in [0.29, 0.717) is 24.3 Å². The molecule has 2 atom stereocenters. The Morgan fingerprint density at radius 1 is 1.44 bits per heavy atom. The average molecular weight is 439 g/mol. The molecule has 2 rings (SSSR count). The van der Waals surface area contributed by atoms with Crippen molar-refractivity contribution in [3.05, 3.63) is 84.2 Å². The minimum absolute atomic E-state index is 0.0565. The van der Waals surface area contributed by atoms with Gasteiger partial charge in [0.2, 0.25) is 0 Å². The van der Waals surface area contributed by atoms with E-state index in [1.165, 1.54) is 6.20 Å². The van der Waals surface area contributed by atoms with Gasteiger partial charge in [0.05, 0.1) is 12.7 Å². The van der Waals surface area contributed by atoms with Crippen LogP contribution in [0.4, 0.5) is 0 Å². The Morgan fingerprint density at radius 3 is 2.97 bits per heavy atom. The Bertz CT molecular complexity index is 840. The maximum absolute atomic E-state index is 12.6. The molecule has 0 bridgehead atoms. The molecule has 0 aromatic carbocycles.